The van der Waals surface area contributed by atoms with Gasteiger partial charge in [0.05, 0.1) is 18.3 Å². The summed E-state index contributed by atoms with van der Waals surface area (Å²) >= 11 is 0. The molecule has 1 aromatic heterocycles. The van der Waals surface area contributed by atoms with E-state index in [0.29, 0.717) is 0 Å². The summed E-state index contributed by atoms with van der Waals surface area (Å²) in [5, 5.41) is 6.97. The molecule has 1 aromatic carbocycles. The molecule has 27 heavy (non-hydrogen) atoms. The van der Waals surface area contributed by atoms with Crippen molar-refractivity contribution in [2.24, 2.45) is 4.99 Å². The van der Waals surface area contributed by atoms with Crippen LogP contribution >= 0.6 is 24.0 Å². The number of aliphatic imine (C=N–C) groups is 1. The number of hydrogen-bond donors (Lipinski definition) is 2. The van der Waals surface area contributed by atoms with E-state index in [1.54, 1.807) is 6.26 Å². The van der Waals surface area contributed by atoms with Crippen molar-refractivity contribution in [3.63, 3.8) is 0 Å². The van der Waals surface area contributed by atoms with E-state index in [2.05, 4.69) is 57.8 Å². The van der Waals surface area contributed by atoms with Gasteiger partial charge in [-0.2, -0.15) is 0 Å². The molecule has 6 heteroatoms. The van der Waals surface area contributed by atoms with Gasteiger partial charge < -0.3 is 15.1 Å². The third-order valence-corrected chi connectivity index (χ3v) is 5.04. The van der Waals surface area contributed by atoms with Crippen molar-refractivity contribution < 1.29 is 4.42 Å². The molecule has 0 bridgehead atoms. The van der Waals surface area contributed by atoms with E-state index < -0.39 is 0 Å². The summed E-state index contributed by atoms with van der Waals surface area (Å²) in [4.78, 5) is 6.91. The van der Waals surface area contributed by atoms with Crippen LogP contribution in [0.5, 0.6) is 0 Å². The van der Waals surface area contributed by atoms with E-state index in [4.69, 9.17) is 4.42 Å². The highest BCUT2D eigenvalue weighted by atomic mass is 127. The quantitative estimate of drug-likeness (QED) is 0.365. The normalized spacial score (nSPS) is 17.6. The van der Waals surface area contributed by atoms with E-state index in [0.717, 1.165) is 31.4 Å². The lowest BCUT2D eigenvalue weighted by atomic mass is 10.1. The van der Waals surface area contributed by atoms with Gasteiger partial charge in [-0.15, -0.1) is 24.0 Å². The molecular weight excluding hydrogens is 451 g/mol. The van der Waals surface area contributed by atoms with Gasteiger partial charge in [-0.1, -0.05) is 36.8 Å². The zero-order valence-electron chi connectivity index (χ0n) is 16.2. The Kier molecular flexibility index (Phi) is 9.14. The van der Waals surface area contributed by atoms with Crippen LogP contribution in [0.4, 0.5) is 0 Å². The Morgan fingerprint density at radius 1 is 1.11 bits per heavy atom. The summed E-state index contributed by atoms with van der Waals surface area (Å²) in [5.41, 5.74) is 1.24. The van der Waals surface area contributed by atoms with Gasteiger partial charge in [-0.3, -0.25) is 9.89 Å². The minimum atomic E-state index is 0. The summed E-state index contributed by atoms with van der Waals surface area (Å²) in [5.74, 6) is 1.83. The fourth-order valence-electron chi connectivity index (χ4n) is 3.54. The fourth-order valence-corrected chi connectivity index (χ4v) is 3.54. The molecule has 1 aliphatic heterocycles. The number of guanidine groups is 1. The molecule has 148 valence electrons. The number of likely N-dealkylation sites (tertiary alicyclic amines) is 1. The zero-order chi connectivity index (χ0) is 18.2. The molecule has 2 heterocycles. The van der Waals surface area contributed by atoms with E-state index in [1.807, 2.05) is 19.2 Å². The van der Waals surface area contributed by atoms with Gasteiger partial charge in [0.15, 0.2) is 5.96 Å². The summed E-state index contributed by atoms with van der Waals surface area (Å²) in [7, 11) is 1.82. The number of benzene rings is 1. The molecular formula is C21H31IN4O. The van der Waals surface area contributed by atoms with Crippen LogP contribution in [-0.4, -0.2) is 37.5 Å². The number of piperidine rings is 1. The minimum absolute atomic E-state index is 0. The Labute approximate surface area is 179 Å². The number of furan rings is 1. The van der Waals surface area contributed by atoms with Crippen molar-refractivity contribution in [1.82, 2.24) is 15.5 Å². The van der Waals surface area contributed by atoms with Crippen molar-refractivity contribution in [3.8, 4) is 0 Å². The second-order valence-corrected chi connectivity index (χ2v) is 6.86. The second-order valence-electron chi connectivity index (χ2n) is 6.86. The summed E-state index contributed by atoms with van der Waals surface area (Å²) in [6, 6.07) is 14.9. The van der Waals surface area contributed by atoms with Crippen molar-refractivity contribution >= 4 is 29.9 Å². The van der Waals surface area contributed by atoms with Crippen LogP contribution in [0.25, 0.3) is 0 Å². The van der Waals surface area contributed by atoms with Crippen molar-refractivity contribution in [2.75, 3.05) is 26.7 Å². The summed E-state index contributed by atoms with van der Waals surface area (Å²) < 4.78 is 5.72. The number of nitrogens with one attached hydrogen (secondary N) is 2. The molecule has 1 fully saturated rings. The molecule has 0 radical (unpaired) electrons. The predicted molar refractivity (Wildman–Crippen MR) is 122 cm³/mol. The highest BCUT2D eigenvalue weighted by molar-refractivity contribution is 14.0. The number of nitrogens with zero attached hydrogens (tertiary/aromatic N) is 2. The monoisotopic (exact) mass is 482 g/mol. The van der Waals surface area contributed by atoms with E-state index in [1.165, 1.54) is 24.8 Å². The van der Waals surface area contributed by atoms with Crippen LogP contribution in [0, 0.1) is 0 Å². The van der Waals surface area contributed by atoms with Crippen LogP contribution < -0.4 is 10.6 Å². The Bertz CT molecular complexity index is 669. The lowest BCUT2D eigenvalue weighted by Gasteiger charge is -2.34. The molecule has 5 nitrogen and oxygen atoms in total. The van der Waals surface area contributed by atoms with Gasteiger partial charge in [-0.25, -0.2) is 0 Å². The van der Waals surface area contributed by atoms with Crippen LogP contribution in [0.1, 0.15) is 49.6 Å². The average Bonchev–Trinajstić information content (AvgIpc) is 3.23. The molecule has 2 atom stereocenters. The van der Waals surface area contributed by atoms with E-state index in [9.17, 15) is 0 Å². The van der Waals surface area contributed by atoms with Crippen LogP contribution in [-0.2, 0) is 0 Å². The molecule has 2 N–H and O–H groups in total. The molecule has 1 saturated heterocycles. The summed E-state index contributed by atoms with van der Waals surface area (Å²) in [6.07, 6.45) is 5.61. The van der Waals surface area contributed by atoms with Gasteiger partial charge in [0.25, 0.3) is 0 Å². The molecule has 2 aromatic rings. The minimum Gasteiger partial charge on any atom is -0.468 e. The lowest BCUT2D eigenvalue weighted by molar-refractivity contribution is 0.146. The van der Waals surface area contributed by atoms with Crippen molar-refractivity contribution in [1.29, 1.82) is 0 Å². The summed E-state index contributed by atoms with van der Waals surface area (Å²) in [6.45, 7) is 5.17. The highest BCUT2D eigenvalue weighted by Gasteiger charge is 2.24. The van der Waals surface area contributed by atoms with Gasteiger partial charge in [0.2, 0.25) is 0 Å². The van der Waals surface area contributed by atoms with Gasteiger partial charge in [0.1, 0.15) is 5.76 Å². The molecule has 2 unspecified atom stereocenters. The predicted octanol–water partition coefficient (Wildman–Crippen LogP) is 4.35. The maximum Gasteiger partial charge on any atom is 0.191 e. The Hall–Kier alpha value is -1.54. The third-order valence-electron chi connectivity index (χ3n) is 5.04. The number of rotatable bonds is 6. The average molecular weight is 482 g/mol. The van der Waals surface area contributed by atoms with Crippen LogP contribution in [0.3, 0.4) is 0 Å². The number of hydrogen-bond acceptors (Lipinski definition) is 3. The Morgan fingerprint density at radius 2 is 1.85 bits per heavy atom. The number of halogens is 1. The lowest BCUT2D eigenvalue weighted by Crippen LogP contribution is -2.44. The molecule has 1 aliphatic rings. The first-order chi connectivity index (χ1) is 12.8. The van der Waals surface area contributed by atoms with Gasteiger partial charge in [-0.05, 0) is 50.6 Å². The highest BCUT2D eigenvalue weighted by Crippen LogP contribution is 2.24. The SMILES string of the molecule is CN=C(NCC(c1ccco1)N1CCCCC1)NC(C)c1ccccc1.I. The fraction of sp³-hybridized carbons (Fsp3) is 0.476. The van der Waals surface area contributed by atoms with E-state index >= 15 is 0 Å². The van der Waals surface area contributed by atoms with Crippen molar-refractivity contribution in [2.45, 2.75) is 38.3 Å². The zero-order valence-corrected chi connectivity index (χ0v) is 18.6. The smallest absolute Gasteiger partial charge is 0.191 e. The second kappa shape index (κ2) is 11.3. The van der Waals surface area contributed by atoms with Crippen LogP contribution in [0.2, 0.25) is 0 Å². The molecule has 0 saturated carbocycles. The molecule has 0 spiro atoms. The first-order valence-electron chi connectivity index (χ1n) is 9.57. The first kappa shape index (κ1) is 21.8. The Morgan fingerprint density at radius 3 is 2.48 bits per heavy atom. The standard InChI is InChI=1S/C21H30N4O.HI/c1-17(18-10-5-3-6-11-18)24-21(22-2)23-16-19(20-12-9-15-26-20)25-13-7-4-8-14-25;/h3,5-6,9-12,15,17,19H,4,7-8,13-14,16H2,1-2H3,(H2,22,23,24);1H. The van der Waals surface area contributed by atoms with Crippen LogP contribution in [0.15, 0.2) is 58.1 Å². The first-order valence-corrected chi connectivity index (χ1v) is 9.57. The van der Waals surface area contributed by atoms with Gasteiger partial charge >= 0.3 is 0 Å². The third kappa shape index (κ3) is 6.24. The Balaban J connectivity index is 0.00000261. The van der Waals surface area contributed by atoms with Gasteiger partial charge in [0, 0.05) is 13.6 Å². The molecule has 0 aliphatic carbocycles. The molecule has 3 rings (SSSR count). The molecule has 0 amide bonds. The maximum atomic E-state index is 5.72. The largest absolute Gasteiger partial charge is 0.468 e. The van der Waals surface area contributed by atoms with E-state index in [-0.39, 0.29) is 36.1 Å². The maximum absolute atomic E-state index is 5.72. The van der Waals surface area contributed by atoms with Crippen molar-refractivity contribution in [3.05, 3.63) is 60.1 Å². The topological polar surface area (TPSA) is 52.8 Å².